The Labute approximate surface area is 370 Å². The minimum atomic E-state index is -0.335. The van der Waals surface area contributed by atoms with Crippen molar-refractivity contribution < 1.29 is 0 Å². The number of fused-ring (bicyclic) bond motifs is 2. The highest BCUT2D eigenvalue weighted by atomic mass is 32.2. The predicted octanol–water partition coefficient (Wildman–Crippen LogP) is 15.3. The molecular formula is C59H48N2S. The maximum Gasteiger partial charge on any atom is 0.134 e. The molecule has 0 saturated carbocycles. The molecule has 62 heavy (non-hydrogen) atoms. The van der Waals surface area contributed by atoms with Gasteiger partial charge in [-0.3, -0.25) is 0 Å². The van der Waals surface area contributed by atoms with Crippen LogP contribution in [0.2, 0.25) is 0 Å². The van der Waals surface area contributed by atoms with Crippen LogP contribution >= 0.6 is 11.8 Å². The molecule has 300 valence electrons. The first-order valence-electron chi connectivity index (χ1n) is 21.6. The Hall–Kier alpha value is -6.81. The third-order valence-corrected chi connectivity index (χ3v) is 13.8. The summed E-state index contributed by atoms with van der Waals surface area (Å²) in [4.78, 5) is 13.4. The molecule has 9 aromatic rings. The third kappa shape index (κ3) is 7.48. The Morgan fingerprint density at radius 1 is 0.452 bits per heavy atom. The topological polar surface area (TPSA) is 25.8 Å². The van der Waals surface area contributed by atoms with Gasteiger partial charge in [-0.15, -0.1) is 0 Å². The van der Waals surface area contributed by atoms with Crippen LogP contribution in [0.4, 0.5) is 0 Å². The van der Waals surface area contributed by atoms with Gasteiger partial charge in [-0.25, -0.2) is 9.97 Å². The smallest absolute Gasteiger partial charge is 0.134 e. The van der Waals surface area contributed by atoms with E-state index in [0.29, 0.717) is 6.42 Å². The molecule has 0 radical (unpaired) electrons. The first-order chi connectivity index (χ1) is 30.3. The Balaban J connectivity index is 1.21. The number of hydrogen-bond acceptors (Lipinski definition) is 3. The van der Waals surface area contributed by atoms with Gasteiger partial charge < -0.3 is 0 Å². The summed E-state index contributed by atoms with van der Waals surface area (Å²) in [5.74, 6) is 0.829. The summed E-state index contributed by atoms with van der Waals surface area (Å²) >= 11 is 1.89. The summed E-state index contributed by atoms with van der Waals surface area (Å²) in [5.41, 5.74) is 18.8. The van der Waals surface area contributed by atoms with Crippen molar-refractivity contribution in [3.05, 3.63) is 251 Å². The van der Waals surface area contributed by atoms with Gasteiger partial charge in [0.2, 0.25) is 0 Å². The van der Waals surface area contributed by atoms with Gasteiger partial charge in [-0.05, 0) is 93.2 Å². The van der Waals surface area contributed by atoms with Gasteiger partial charge in [-0.2, -0.15) is 0 Å². The fourth-order valence-corrected chi connectivity index (χ4v) is 10.7. The fraction of sp³-hybridized carbons (Fsp3) is 0.119. The van der Waals surface area contributed by atoms with Crippen molar-refractivity contribution in [1.82, 2.24) is 9.97 Å². The average Bonchev–Trinajstić information content (AvgIpc) is 3.32. The van der Waals surface area contributed by atoms with Crippen LogP contribution in [0.25, 0.3) is 44.8 Å². The first kappa shape index (κ1) is 39.3. The van der Waals surface area contributed by atoms with Crippen LogP contribution in [-0.4, -0.2) is 9.97 Å². The monoisotopic (exact) mass is 816 g/mol. The molecule has 2 heterocycles. The summed E-state index contributed by atoms with van der Waals surface area (Å²) in [6.07, 6.45) is 0.590. The van der Waals surface area contributed by atoms with E-state index < -0.39 is 0 Å². The predicted molar refractivity (Wildman–Crippen MR) is 259 cm³/mol. The molecule has 8 aromatic carbocycles. The summed E-state index contributed by atoms with van der Waals surface area (Å²) in [5, 5.41) is 0. The average molecular weight is 817 g/mol. The standard InChI is InChI=1S/C59H48N2S/c1-39-21-17-19-31-51(39)59(3,4)52-38-50-54(36-47(52)37-55-60-57(43-26-13-7-14-27-43)40(2)58(61-55)44-28-15-8-16-29-44)62-53-32-20-18-30-49(53)56(50)48-34-45(41-22-9-5-10-23-41)33-46(35-48)42-24-11-6-12-25-42/h5-36,38,56H,37H2,1-4H3. The Bertz CT molecular complexity index is 2930. The van der Waals surface area contributed by atoms with Crippen LogP contribution in [0, 0.1) is 13.8 Å². The summed E-state index contributed by atoms with van der Waals surface area (Å²) in [6.45, 7) is 9.18. The lowest BCUT2D eigenvalue weighted by atomic mass is 9.72. The normalized spacial score (nSPS) is 13.3. The van der Waals surface area contributed by atoms with Crippen LogP contribution in [-0.2, 0) is 11.8 Å². The van der Waals surface area contributed by atoms with E-state index in [0.717, 1.165) is 33.9 Å². The quantitative estimate of drug-likeness (QED) is 0.145. The Morgan fingerprint density at radius 3 is 1.52 bits per heavy atom. The van der Waals surface area contributed by atoms with Crippen molar-refractivity contribution >= 4 is 11.8 Å². The molecule has 1 aromatic heterocycles. The van der Waals surface area contributed by atoms with E-state index in [1.54, 1.807) is 0 Å². The second kappa shape index (κ2) is 16.6. The van der Waals surface area contributed by atoms with Gasteiger partial charge in [0.05, 0.1) is 11.4 Å². The lowest BCUT2D eigenvalue weighted by Gasteiger charge is -2.35. The second-order valence-electron chi connectivity index (χ2n) is 17.0. The Morgan fingerprint density at radius 2 is 0.952 bits per heavy atom. The zero-order valence-electron chi connectivity index (χ0n) is 35.6. The molecule has 10 rings (SSSR count). The number of rotatable bonds is 9. The van der Waals surface area contributed by atoms with Crippen LogP contribution in [0.5, 0.6) is 0 Å². The van der Waals surface area contributed by atoms with E-state index in [1.165, 1.54) is 71.0 Å². The molecule has 0 N–H and O–H groups in total. The lowest BCUT2D eigenvalue weighted by Crippen LogP contribution is -2.24. The molecule has 1 aliphatic rings. The molecule has 3 heteroatoms. The van der Waals surface area contributed by atoms with Crippen molar-refractivity contribution in [2.45, 2.75) is 55.2 Å². The van der Waals surface area contributed by atoms with E-state index in [2.05, 4.69) is 228 Å². The van der Waals surface area contributed by atoms with Gasteiger partial charge in [0.1, 0.15) is 5.82 Å². The zero-order chi connectivity index (χ0) is 42.2. The summed E-state index contributed by atoms with van der Waals surface area (Å²) < 4.78 is 0. The maximum atomic E-state index is 5.41. The van der Waals surface area contributed by atoms with E-state index in [-0.39, 0.29) is 11.3 Å². The van der Waals surface area contributed by atoms with Crippen molar-refractivity contribution in [2.24, 2.45) is 0 Å². The van der Waals surface area contributed by atoms with Crippen LogP contribution < -0.4 is 0 Å². The number of benzene rings is 8. The molecule has 0 bridgehead atoms. The van der Waals surface area contributed by atoms with Crippen LogP contribution in [0.1, 0.15) is 70.1 Å². The van der Waals surface area contributed by atoms with Crippen molar-refractivity contribution in [3.8, 4) is 44.8 Å². The van der Waals surface area contributed by atoms with Crippen molar-refractivity contribution in [2.75, 3.05) is 0 Å². The SMILES string of the molecule is Cc1ccccc1C(C)(C)c1cc2c(cc1Cc1nc(-c3ccccc3)c(C)c(-c3ccccc3)n1)Sc1ccccc1C2c1cc(-c2ccccc2)cc(-c2ccccc2)c1. The highest BCUT2D eigenvalue weighted by molar-refractivity contribution is 7.99. The molecule has 0 amide bonds. The minimum Gasteiger partial charge on any atom is -0.232 e. The van der Waals surface area contributed by atoms with Crippen LogP contribution in [0.3, 0.4) is 0 Å². The summed E-state index contributed by atoms with van der Waals surface area (Å²) in [7, 11) is 0. The van der Waals surface area contributed by atoms with Crippen LogP contribution in [0.15, 0.2) is 210 Å². The van der Waals surface area contributed by atoms with E-state index in [4.69, 9.17) is 9.97 Å². The largest absolute Gasteiger partial charge is 0.232 e. The highest BCUT2D eigenvalue weighted by Crippen LogP contribution is 2.52. The fourth-order valence-electron chi connectivity index (χ4n) is 9.54. The molecule has 0 fully saturated rings. The van der Waals surface area contributed by atoms with E-state index in [9.17, 15) is 0 Å². The molecular weight excluding hydrogens is 769 g/mol. The highest BCUT2D eigenvalue weighted by Gasteiger charge is 2.34. The maximum absolute atomic E-state index is 5.41. The molecule has 1 atom stereocenters. The van der Waals surface area contributed by atoms with Gasteiger partial charge in [0.15, 0.2) is 0 Å². The molecule has 1 aliphatic heterocycles. The van der Waals surface area contributed by atoms with Gasteiger partial charge in [-0.1, -0.05) is 208 Å². The van der Waals surface area contributed by atoms with E-state index >= 15 is 0 Å². The van der Waals surface area contributed by atoms with Crippen molar-refractivity contribution in [3.63, 3.8) is 0 Å². The Kier molecular flexibility index (Phi) is 10.5. The van der Waals surface area contributed by atoms with Gasteiger partial charge in [0.25, 0.3) is 0 Å². The lowest BCUT2D eigenvalue weighted by molar-refractivity contribution is 0.624. The number of hydrogen-bond donors (Lipinski definition) is 0. The van der Waals surface area contributed by atoms with Crippen molar-refractivity contribution in [1.29, 1.82) is 0 Å². The minimum absolute atomic E-state index is 0.0130. The molecule has 0 saturated heterocycles. The van der Waals surface area contributed by atoms with Gasteiger partial charge in [0, 0.05) is 44.2 Å². The second-order valence-corrected chi connectivity index (χ2v) is 18.1. The zero-order valence-corrected chi connectivity index (χ0v) is 36.5. The molecule has 0 aliphatic carbocycles. The van der Waals surface area contributed by atoms with Gasteiger partial charge >= 0.3 is 0 Å². The number of aromatic nitrogens is 2. The third-order valence-electron chi connectivity index (χ3n) is 12.6. The number of nitrogens with zero attached hydrogens (tertiary/aromatic N) is 2. The first-order valence-corrected chi connectivity index (χ1v) is 22.4. The molecule has 1 unspecified atom stereocenters. The number of aryl methyl sites for hydroxylation is 1. The molecule has 2 nitrogen and oxygen atoms in total. The summed E-state index contributed by atoms with van der Waals surface area (Å²) in [6, 6.07) is 72.9. The molecule has 0 spiro atoms. The van der Waals surface area contributed by atoms with E-state index in [1.807, 2.05) is 11.8 Å².